The minimum Gasteiger partial charge on any atom is -0.357 e. The number of carbonyl (C=O) groups excluding carboxylic acids is 1. The van der Waals surface area contributed by atoms with Crippen molar-refractivity contribution in [2.45, 2.75) is 52.1 Å². The monoisotopic (exact) mass is 411 g/mol. The lowest BCUT2D eigenvalue weighted by molar-refractivity contribution is -0.128. The van der Waals surface area contributed by atoms with E-state index < -0.39 is 0 Å². The van der Waals surface area contributed by atoms with Gasteiger partial charge in [0.05, 0.1) is 6.54 Å². The molecule has 1 aromatic carbocycles. The summed E-state index contributed by atoms with van der Waals surface area (Å²) in [6.07, 6.45) is 5.69. The highest BCUT2D eigenvalue weighted by Crippen LogP contribution is 2.20. The van der Waals surface area contributed by atoms with Crippen LogP contribution in [0, 0.1) is 5.92 Å². The molecule has 0 radical (unpaired) electrons. The summed E-state index contributed by atoms with van der Waals surface area (Å²) in [5, 5.41) is 3.50. The average Bonchev–Trinajstić information content (AvgIpc) is 3.50. The van der Waals surface area contributed by atoms with Crippen LogP contribution in [-0.4, -0.2) is 72.4 Å². The van der Waals surface area contributed by atoms with Crippen molar-refractivity contribution in [2.24, 2.45) is 10.9 Å². The van der Waals surface area contributed by atoms with E-state index in [1.54, 1.807) is 0 Å². The van der Waals surface area contributed by atoms with Crippen molar-refractivity contribution in [3.63, 3.8) is 0 Å². The van der Waals surface area contributed by atoms with Crippen LogP contribution in [0.2, 0.25) is 0 Å². The number of hydrogen-bond acceptors (Lipinski definition) is 3. The standard InChI is InChI=1S/C24H37N5O/c1-2-25-24(29-14-10-22(19-29)17-27-11-3-4-12-27)26-16-20-7-5-8-21(15-20)18-28-13-6-9-23(28)30/h5,7-8,15,22H,2-4,6,9-14,16-19H2,1H3,(H,25,26). The molecule has 4 rings (SSSR count). The number of likely N-dealkylation sites (tertiary alicyclic amines) is 3. The molecule has 0 saturated carbocycles. The molecule has 30 heavy (non-hydrogen) atoms. The number of nitrogens with zero attached hydrogens (tertiary/aromatic N) is 4. The van der Waals surface area contributed by atoms with Crippen LogP contribution in [-0.2, 0) is 17.9 Å². The lowest BCUT2D eigenvalue weighted by Crippen LogP contribution is -2.40. The van der Waals surface area contributed by atoms with Crippen molar-refractivity contribution in [1.82, 2.24) is 20.0 Å². The molecule has 3 fully saturated rings. The van der Waals surface area contributed by atoms with Gasteiger partial charge in [0.1, 0.15) is 0 Å². The summed E-state index contributed by atoms with van der Waals surface area (Å²) in [4.78, 5) is 23.9. The Bertz CT molecular complexity index is 743. The van der Waals surface area contributed by atoms with Gasteiger partial charge in [-0.2, -0.15) is 0 Å². The van der Waals surface area contributed by atoms with Gasteiger partial charge in [0.2, 0.25) is 5.91 Å². The number of nitrogens with one attached hydrogen (secondary N) is 1. The predicted octanol–water partition coefficient (Wildman–Crippen LogP) is 2.69. The molecule has 3 aliphatic heterocycles. The quantitative estimate of drug-likeness (QED) is 0.554. The van der Waals surface area contributed by atoms with Crippen LogP contribution < -0.4 is 5.32 Å². The van der Waals surface area contributed by atoms with Crippen LogP contribution in [0.3, 0.4) is 0 Å². The first-order valence-corrected chi connectivity index (χ1v) is 11.8. The van der Waals surface area contributed by atoms with Gasteiger partial charge in [0, 0.05) is 45.7 Å². The Balaban J connectivity index is 1.34. The summed E-state index contributed by atoms with van der Waals surface area (Å²) in [7, 11) is 0. The molecule has 164 valence electrons. The van der Waals surface area contributed by atoms with Gasteiger partial charge in [0.25, 0.3) is 0 Å². The lowest BCUT2D eigenvalue weighted by Gasteiger charge is -2.23. The van der Waals surface area contributed by atoms with Crippen molar-refractivity contribution in [2.75, 3.05) is 45.8 Å². The number of hydrogen-bond donors (Lipinski definition) is 1. The molecule has 0 aromatic heterocycles. The van der Waals surface area contributed by atoms with Gasteiger partial charge in [-0.05, 0) is 62.7 Å². The minimum atomic E-state index is 0.283. The lowest BCUT2D eigenvalue weighted by atomic mass is 10.1. The molecule has 1 unspecified atom stereocenters. The molecule has 0 bridgehead atoms. The van der Waals surface area contributed by atoms with E-state index in [1.807, 2.05) is 4.90 Å². The Morgan fingerprint density at radius 2 is 1.97 bits per heavy atom. The molecule has 3 heterocycles. The molecular weight excluding hydrogens is 374 g/mol. The molecule has 6 heteroatoms. The fourth-order valence-corrected chi connectivity index (χ4v) is 5.01. The largest absolute Gasteiger partial charge is 0.357 e. The van der Waals surface area contributed by atoms with Gasteiger partial charge >= 0.3 is 0 Å². The highest BCUT2D eigenvalue weighted by atomic mass is 16.2. The number of aliphatic imine (C=N–C) groups is 1. The zero-order chi connectivity index (χ0) is 20.8. The minimum absolute atomic E-state index is 0.283. The summed E-state index contributed by atoms with van der Waals surface area (Å²) in [5.74, 6) is 2.08. The fourth-order valence-electron chi connectivity index (χ4n) is 5.01. The van der Waals surface area contributed by atoms with Crippen LogP contribution >= 0.6 is 0 Å². The molecule has 0 aliphatic carbocycles. The second kappa shape index (κ2) is 10.3. The van der Waals surface area contributed by atoms with Gasteiger partial charge in [-0.1, -0.05) is 24.3 Å². The van der Waals surface area contributed by atoms with Crippen LogP contribution in [0.1, 0.15) is 50.2 Å². The summed E-state index contributed by atoms with van der Waals surface area (Å²) in [5.41, 5.74) is 2.41. The molecule has 1 atom stereocenters. The van der Waals surface area contributed by atoms with Crippen molar-refractivity contribution < 1.29 is 4.79 Å². The molecule has 1 amide bonds. The smallest absolute Gasteiger partial charge is 0.222 e. The van der Waals surface area contributed by atoms with E-state index in [2.05, 4.69) is 46.3 Å². The first kappa shape index (κ1) is 21.2. The molecule has 1 aromatic rings. The van der Waals surface area contributed by atoms with E-state index in [1.165, 1.54) is 50.0 Å². The Morgan fingerprint density at radius 3 is 2.73 bits per heavy atom. The summed E-state index contributed by atoms with van der Waals surface area (Å²) < 4.78 is 0. The maximum Gasteiger partial charge on any atom is 0.222 e. The number of benzene rings is 1. The summed E-state index contributed by atoms with van der Waals surface area (Å²) in [6.45, 7) is 11.3. The SMILES string of the molecule is CCNC(=NCc1cccc(CN2CCCC2=O)c1)N1CCC(CN2CCCC2)C1. The third-order valence-corrected chi connectivity index (χ3v) is 6.58. The van der Waals surface area contributed by atoms with E-state index in [0.29, 0.717) is 13.0 Å². The Morgan fingerprint density at radius 1 is 1.13 bits per heavy atom. The van der Waals surface area contributed by atoms with Crippen LogP contribution in [0.15, 0.2) is 29.3 Å². The first-order valence-electron chi connectivity index (χ1n) is 11.8. The molecule has 1 N–H and O–H groups in total. The van der Waals surface area contributed by atoms with Gasteiger partial charge in [-0.15, -0.1) is 0 Å². The first-order chi connectivity index (χ1) is 14.7. The average molecular weight is 412 g/mol. The number of carbonyl (C=O) groups is 1. The maximum atomic E-state index is 11.9. The van der Waals surface area contributed by atoms with E-state index in [9.17, 15) is 4.79 Å². The molecule has 0 spiro atoms. The second-order valence-corrected chi connectivity index (χ2v) is 9.02. The Labute approximate surface area is 181 Å². The van der Waals surface area contributed by atoms with E-state index in [0.717, 1.165) is 51.0 Å². The number of rotatable bonds is 7. The van der Waals surface area contributed by atoms with Crippen molar-refractivity contribution in [1.29, 1.82) is 0 Å². The highest BCUT2D eigenvalue weighted by molar-refractivity contribution is 5.80. The van der Waals surface area contributed by atoms with Gasteiger partial charge in [0.15, 0.2) is 5.96 Å². The molecule has 3 saturated heterocycles. The second-order valence-electron chi connectivity index (χ2n) is 9.02. The van der Waals surface area contributed by atoms with Gasteiger partial charge < -0.3 is 20.0 Å². The van der Waals surface area contributed by atoms with Crippen LogP contribution in [0.25, 0.3) is 0 Å². The van der Waals surface area contributed by atoms with Gasteiger partial charge in [-0.25, -0.2) is 4.99 Å². The topological polar surface area (TPSA) is 51.2 Å². The third-order valence-electron chi connectivity index (χ3n) is 6.58. The van der Waals surface area contributed by atoms with E-state index >= 15 is 0 Å². The normalized spacial score (nSPS) is 23.0. The maximum absolute atomic E-state index is 11.9. The fraction of sp³-hybridized carbons (Fsp3) is 0.667. The van der Waals surface area contributed by atoms with Crippen molar-refractivity contribution in [3.05, 3.63) is 35.4 Å². The van der Waals surface area contributed by atoms with Crippen LogP contribution in [0.4, 0.5) is 0 Å². The van der Waals surface area contributed by atoms with Crippen LogP contribution in [0.5, 0.6) is 0 Å². The predicted molar refractivity (Wildman–Crippen MR) is 121 cm³/mol. The van der Waals surface area contributed by atoms with E-state index in [4.69, 9.17) is 4.99 Å². The van der Waals surface area contributed by atoms with Crippen molar-refractivity contribution >= 4 is 11.9 Å². The van der Waals surface area contributed by atoms with Gasteiger partial charge in [-0.3, -0.25) is 4.79 Å². The molecule has 3 aliphatic rings. The number of amides is 1. The van der Waals surface area contributed by atoms with Crippen molar-refractivity contribution in [3.8, 4) is 0 Å². The zero-order valence-corrected chi connectivity index (χ0v) is 18.5. The molecule has 6 nitrogen and oxygen atoms in total. The third kappa shape index (κ3) is 5.54. The summed E-state index contributed by atoms with van der Waals surface area (Å²) in [6, 6.07) is 8.56. The summed E-state index contributed by atoms with van der Waals surface area (Å²) >= 11 is 0. The highest BCUT2D eigenvalue weighted by Gasteiger charge is 2.27. The molecular formula is C24H37N5O. The number of guanidine groups is 1. The zero-order valence-electron chi connectivity index (χ0n) is 18.5. The van der Waals surface area contributed by atoms with E-state index in [-0.39, 0.29) is 5.91 Å². The Kier molecular flexibility index (Phi) is 7.26. The Hall–Kier alpha value is -2.08.